The molecule has 1 aliphatic rings. The van der Waals surface area contributed by atoms with E-state index in [4.69, 9.17) is 4.74 Å². The highest BCUT2D eigenvalue weighted by molar-refractivity contribution is 6.36. The third-order valence-electron chi connectivity index (χ3n) is 5.45. The molecule has 0 fully saturated rings. The van der Waals surface area contributed by atoms with E-state index in [2.05, 4.69) is 29.4 Å². The van der Waals surface area contributed by atoms with Crippen LogP contribution >= 0.6 is 0 Å². The molecule has 0 saturated carbocycles. The van der Waals surface area contributed by atoms with E-state index in [1.807, 2.05) is 24.3 Å². The van der Waals surface area contributed by atoms with Crippen molar-refractivity contribution in [1.82, 2.24) is 4.90 Å². The number of methoxy groups -OCH3 is 1. The number of carbonyl (C=O) groups excluding carboxylic acids is 3. The Balaban J connectivity index is 1.95. The topological polar surface area (TPSA) is 91.0 Å². The van der Waals surface area contributed by atoms with E-state index in [0.717, 1.165) is 18.8 Å². The Morgan fingerprint density at radius 2 is 1.55 bits per heavy atom. The number of rotatable bonds is 10. The number of hydrogen-bond acceptors (Lipinski definition) is 6. The Hall–Kier alpha value is -3.65. The average Bonchev–Trinajstić information content (AvgIpc) is 3.03. The van der Waals surface area contributed by atoms with Crippen LogP contribution in [0.3, 0.4) is 0 Å². The zero-order valence-electron chi connectivity index (χ0n) is 19.5. The summed E-state index contributed by atoms with van der Waals surface area (Å²) in [4.78, 5) is 41.0. The van der Waals surface area contributed by atoms with Crippen molar-refractivity contribution in [2.45, 2.75) is 20.8 Å². The highest BCUT2D eigenvalue weighted by Gasteiger charge is 2.39. The molecule has 174 valence electrons. The minimum atomic E-state index is -0.397. The van der Waals surface area contributed by atoms with Crippen LogP contribution in [0.1, 0.15) is 26.3 Å². The molecule has 33 heavy (non-hydrogen) atoms. The quantitative estimate of drug-likeness (QED) is 0.540. The second-order valence-electron chi connectivity index (χ2n) is 7.61. The molecule has 0 aromatic heterocycles. The molecule has 3 amide bonds. The minimum absolute atomic E-state index is 0.160. The van der Waals surface area contributed by atoms with Crippen molar-refractivity contribution in [3.05, 3.63) is 59.8 Å². The average molecular weight is 451 g/mol. The smallest absolute Gasteiger partial charge is 0.278 e. The number of amides is 3. The van der Waals surface area contributed by atoms with Crippen molar-refractivity contribution in [2.24, 2.45) is 0 Å². The summed E-state index contributed by atoms with van der Waals surface area (Å²) >= 11 is 0. The highest BCUT2D eigenvalue weighted by Crippen LogP contribution is 2.31. The predicted octanol–water partition coefficient (Wildman–Crippen LogP) is 3.33. The molecule has 0 spiro atoms. The molecule has 0 atom stereocenters. The van der Waals surface area contributed by atoms with Crippen LogP contribution in [0.5, 0.6) is 0 Å². The van der Waals surface area contributed by atoms with Crippen molar-refractivity contribution in [1.29, 1.82) is 0 Å². The summed E-state index contributed by atoms with van der Waals surface area (Å²) in [5.74, 6) is -0.965. The van der Waals surface area contributed by atoms with Crippen molar-refractivity contribution in [2.75, 3.05) is 48.9 Å². The molecule has 2 aromatic rings. The van der Waals surface area contributed by atoms with Gasteiger partial charge < -0.3 is 20.3 Å². The number of ether oxygens (including phenoxy) is 1. The van der Waals surface area contributed by atoms with Crippen molar-refractivity contribution in [3.8, 4) is 0 Å². The lowest BCUT2D eigenvalue weighted by Crippen LogP contribution is -2.35. The van der Waals surface area contributed by atoms with Gasteiger partial charge in [-0.05, 0) is 55.8 Å². The van der Waals surface area contributed by atoms with Gasteiger partial charge in [0.2, 0.25) is 5.91 Å². The second kappa shape index (κ2) is 10.8. The van der Waals surface area contributed by atoms with Gasteiger partial charge in [0, 0.05) is 44.2 Å². The van der Waals surface area contributed by atoms with E-state index in [1.54, 1.807) is 24.3 Å². The molecule has 0 saturated heterocycles. The standard InChI is InChI=1S/C25H30N4O4/c1-5-28(6-2)21-13-11-20(12-14-21)27-23-22(24(31)29(25(23)32)15-16-33-4)18-7-9-19(10-8-18)26-17(3)30/h7-14,27H,5-6,15-16H2,1-4H3,(H,26,30). The van der Waals surface area contributed by atoms with Gasteiger partial charge in [-0.1, -0.05) is 12.1 Å². The zero-order valence-corrected chi connectivity index (χ0v) is 19.5. The lowest BCUT2D eigenvalue weighted by Gasteiger charge is -2.21. The van der Waals surface area contributed by atoms with Gasteiger partial charge in [-0.3, -0.25) is 19.3 Å². The number of imide groups is 1. The maximum atomic E-state index is 13.2. The number of hydrogen-bond donors (Lipinski definition) is 2. The number of anilines is 3. The SMILES string of the molecule is CCN(CC)c1ccc(NC2=C(c3ccc(NC(C)=O)cc3)C(=O)N(CCOC)C2=O)cc1. The fourth-order valence-corrected chi connectivity index (χ4v) is 3.76. The normalized spacial score (nSPS) is 13.5. The monoisotopic (exact) mass is 450 g/mol. The largest absolute Gasteiger partial charge is 0.383 e. The first-order valence-electron chi connectivity index (χ1n) is 11.0. The van der Waals surface area contributed by atoms with Gasteiger partial charge in [-0.15, -0.1) is 0 Å². The number of carbonyl (C=O) groups is 3. The van der Waals surface area contributed by atoms with Crippen LogP contribution in [-0.2, 0) is 19.1 Å². The van der Waals surface area contributed by atoms with Crippen LogP contribution in [0.4, 0.5) is 17.1 Å². The zero-order chi connectivity index (χ0) is 24.0. The Bertz CT molecular complexity index is 1040. The third-order valence-corrected chi connectivity index (χ3v) is 5.45. The van der Waals surface area contributed by atoms with Crippen LogP contribution < -0.4 is 15.5 Å². The second-order valence-corrected chi connectivity index (χ2v) is 7.61. The fraction of sp³-hybridized carbons (Fsp3) is 0.320. The molecule has 0 unspecified atom stereocenters. The number of nitrogens with one attached hydrogen (secondary N) is 2. The van der Waals surface area contributed by atoms with Crippen molar-refractivity contribution < 1.29 is 19.1 Å². The maximum Gasteiger partial charge on any atom is 0.278 e. The van der Waals surface area contributed by atoms with E-state index >= 15 is 0 Å². The molecule has 0 aliphatic carbocycles. The maximum absolute atomic E-state index is 13.2. The van der Waals surface area contributed by atoms with E-state index in [-0.39, 0.29) is 30.7 Å². The lowest BCUT2D eigenvalue weighted by atomic mass is 10.0. The lowest BCUT2D eigenvalue weighted by molar-refractivity contribution is -0.137. The molecular formula is C25H30N4O4. The molecule has 0 bridgehead atoms. The van der Waals surface area contributed by atoms with Crippen LogP contribution in [-0.4, -0.2) is 56.0 Å². The van der Waals surface area contributed by atoms with Gasteiger partial charge in [-0.2, -0.15) is 0 Å². The van der Waals surface area contributed by atoms with Gasteiger partial charge in [0.1, 0.15) is 5.70 Å². The summed E-state index contributed by atoms with van der Waals surface area (Å²) in [5, 5.41) is 5.86. The van der Waals surface area contributed by atoms with Gasteiger partial charge in [0.15, 0.2) is 0 Å². The molecule has 2 aromatic carbocycles. The van der Waals surface area contributed by atoms with Crippen LogP contribution in [0, 0.1) is 0 Å². The fourth-order valence-electron chi connectivity index (χ4n) is 3.76. The van der Waals surface area contributed by atoms with E-state index in [0.29, 0.717) is 22.5 Å². The van der Waals surface area contributed by atoms with Crippen molar-refractivity contribution >= 4 is 40.4 Å². The van der Waals surface area contributed by atoms with Gasteiger partial charge >= 0.3 is 0 Å². The molecular weight excluding hydrogens is 420 g/mol. The molecule has 8 heteroatoms. The Morgan fingerprint density at radius 1 is 0.939 bits per heavy atom. The Labute approximate surface area is 194 Å². The van der Waals surface area contributed by atoms with Crippen LogP contribution in [0.25, 0.3) is 5.57 Å². The molecule has 8 nitrogen and oxygen atoms in total. The summed E-state index contributed by atoms with van der Waals surface area (Å²) in [6.45, 7) is 7.83. The summed E-state index contributed by atoms with van der Waals surface area (Å²) in [6.07, 6.45) is 0. The molecule has 2 N–H and O–H groups in total. The van der Waals surface area contributed by atoms with E-state index in [9.17, 15) is 14.4 Å². The van der Waals surface area contributed by atoms with Crippen LogP contribution in [0.15, 0.2) is 54.2 Å². The summed E-state index contributed by atoms with van der Waals surface area (Å²) in [5.41, 5.74) is 3.51. The number of nitrogens with zero attached hydrogens (tertiary/aromatic N) is 2. The number of benzene rings is 2. The van der Waals surface area contributed by atoms with Gasteiger partial charge in [0.05, 0.1) is 18.7 Å². The Morgan fingerprint density at radius 3 is 2.09 bits per heavy atom. The minimum Gasteiger partial charge on any atom is -0.383 e. The molecule has 3 rings (SSSR count). The third kappa shape index (κ3) is 5.40. The Kier molecular flexibility index (Phi) is 7.84. The first-order valence-corrected chi connectivity index (χ1v) is 11.0. The summed E-state index contributed by atoms with van der Waals surface area (Å²) in [7, 11) is 1.52. The molecule has 0 radical (unpaired) electrons. The van der Waals surface area contributed by atoms with Crippen LogP contribution in [0.2, 0.25) is 0 Å². The molecule has 1 aliphatic heterocycles. The van der Waals surface area contributed by atoms with E-state index < -0.39 is 5.91 Å². The van der Waals surface area contributed by atoms with Crippen molar-refractivity contribution in [3.63, 3.8) is 0 Å². The first kappa shape index (κ1) is 24.0. The predicted molar refractivity (Wildman–Crippen MR) is 130 cm³/mol. The van der Waals surface area contributed by atoms with Gasteiger partial charge in [0.25, 0.3) is 11.8 Å². The first-order chi connectivity index (χ1) is 15.9. The highest BCUT2D eigenvalue weighted by atomic mass is 16.5. The van der Waals surface area contributed by atoms with E-state index in [1.165, 1.54) is 18.9 Å². The summed E-state index contributed by atoms with van der Waals surface area (Å²) in [6, 6.07) is 14.6. The molecule has 1 heterocycles. The summed E-state index contributed by atoms with van der Waals surface area (Å²) < 4.78 is 5.07. The van der Waals surface area contributed by atoms with Gasteiger partial charge in [-0.25, -0.2) is 0 Å².